The summed E-state index contributed by atoms with van der Waals surface area (Å²) >= 11 is 2.30. The van der Waals surface area contributed by atoms with Crippen LogP contribution >= 0.6 is 22.6 Å². The van der Waals surface area contributed by atoms with Crippen LogP contribution in [0.4, 0.5) is 0 Å². The average Bonchev–Trinajstić information content (AvgIpc) is 2.78. The highest BCUT2D eigenvalue weighted by Crippen LogP contribution is 2.47. The minimum Gasteiger partial charge on any atom is -0.408 e. The number of ether oxygens (including phenoxy) is 2. The summed E-state index contributed by atoms with van der Waals surface area (Å²) in [5, 5.41) is 9.83. The number of hydrogen-bond acceptors (Lipinski definition) is 6. The maximum absolute atomic E-state index is 9.74. The predicted octanol–water partition coefficient (Wildman–Crippen LogP) is 8.80. The van der Waals surface area contributed by atoms with Gasteiger partial charge < -0.3 is 27.9 Å². The molecule has 10 heteroatoms. The quantitative estimate of drug-likeness (QED) is 0.178. The number of fused-ring (bicyclic) bond motifs is 1. The molecule has 0 aromatic heterocycles. The summed E-state index contributed by atoms with van der Waals surface area (Å²) in [7, 11) is -6.64. The van der Waals surface area contributed by atoms with Crippen molar-refractivity contribution >= 4 is 47.5 Å². The van der Waals surface area contributed by atoms with Gasteiger partial charge >= 0.3 is 0 Å². The molecule has 2 heterocycles. The molecule has 0 spiro atoms. The van der Waals surface area contributed by atoms with Gasteiger partial charge in [-0.3, -0.25) is 0 Å². The Labute approximate surface area is 269 Å². The van der Waals surface area contributed by atoms with Gasteiger partial charge in [0.1, 0.15) is 24.4 Å². The minimum absolute atomic E-state index is 0.00560. The van der Waals surface area contributed by atoms with Crippen molar-refractivity contribution in [3.05, 3.63) is 10.2 Å². The zero-order valence-electron chi connectivity index (χ0n) is 28.9. The zero-order valence-corrected chi connectivity index (χ0v) is 34.0. The lowest BCUT2D eigenvalue weighted by Crippen LogP contribution is -2.69. The van der Waals surface area contributed by atoms with Crippen LogP contribution < -0.4 is 0 Å². The van der Waals surface area contributed by atoms with Gasteiger partial charge in [-0.15, -0.1) is 0 Å². The van der Waals surface area contributed by atoms with Gasteiger partial charge in [0.25, 0.3) is 0 Å². The molecule has 2 aliphatic rings. The average molecular weight is 743 g/mol. The molecule has 0 aliphatic carbocycles. The summed E-state index contributed by atoms with van der Waals surface area (Å²) in [6.45, 7) is 34.6. The van der Waals surface area contributed by atoms with E-state index in [9.17, 15) is 5.11 Å². The van der Waals surface area contributed by atoms with E-state index in [0.29, 0.717) is 6.42 Å². The summed E-state index contributed by atoms with van der Waals surface area (Å²) in [5.74, 6) is 0. The van der Waals surface area contributed by atoms with Crippen molar-refractivity contribution in [2.75, 3.05) is 6.61 Å². The van der Waals surface area contributed by atoms with Crippen LogP contribution in [0.15, 0.2) is 10.2 Å². The normalized spacial score (nSPS) is 30.0. The van der Waals surface area contributed by atoms with Crippen LogP contribution in [-0.2, 0) is 22.8 Å². The first-order valence-corrected chi connectivity index (χ1v) is 25.6. The third kappa shape index (κ3) is 9.22. The van der Waals surface area contributed by atoms with Gasteiger partial charge in [0.05, 0.1) is 18.3 Å². The number of aliphatic hydroxyl groups is 1. The van der Waals surface area contributed by atoms with Crippen LogP contribution in [0.25, 0.3) is 0 Å². The Kier molecular flexibility index (Phi) is 12.7. The Morgan fingerprint density at radius 3 is 1.71 bits per heavy atom. The number of rotatable bonds is 10. The molecular weight excluding hydrogens is 679 g/mol. The van der Waals surface area contributed by atoms with E-state index >= 15 is 0 Å². The molecule has 0 aromatic carbocycles. The highest BCUT2D eigenvalue weighted by atomic mass is 127. The van der Waals surface area contributed by atoms with Gasteiger partial charge in [0.15, 0.2) is 25.0 Å². The smallest absolute Gasteiger partial charge is 0.193 e. The molecule has 0 amide bonds. The molecule has 242 valence electrons. The molecule has 0 aromatic rings. The van der Waals surface area contributed by atoms with Crippen LogP contribution in [0.5, 0.6) is 0 Å². The Morgan fingerprint density at radius 1 is 0.780 bits per heavy atom. The molecule has 7 atom stereocenters. The number of hydrogen-bond donors (Lipinski definition) is 1. The lowest BCUT2D eigenvalue weighted by atomic mass is 9.87. The molecular formula is C31H63IO6Si3. The van der Waals surface area contributed by atoms with E-state index in [-0.39, 0.29) is 64.4 Å². The molecule has 2 saturated heterocycles. The van der Waals surface area contributed by atoms with E-state index in [0.717, 1.165) is 12.8 Å². The highest BCUT2D eigenvalue weighted by Gasteiger charge is 2.57. The van der Waals surface area contributed by atoms with Crippen LogP contribution in [0.1, 0.15) is 81.6 Å². The molecule has 6 nitrogen and oxygen atoms in total. The Bertz CT molecular complexity index is 875. The van der Waals surface area contributed by atoms with E-state index < -0.39 is 25.0 Å². The second kappa shape index (κ2) is 13.7. The summed E-state index contributed by atoms with van der Waals surface area (Å²) in [5.41, 5.74) is 0. The van der Waals surface area contributed by atoms with Crippen LogP contribution in [0.2, 0.25) is 54.4 Å². The maximum Gasteiger partial charge on any atom is 0.193 e. The second-order valence-electron chi connectivity index (χ2n) is 16.8. The first-order valence-electron chi connectivity index (χ1n) is 15.6. The van der Waals surface area contributed by atoms with Crippen LogP contribution in [-0.4, -0.2) is 79.4 Å². The molecule has 2 aliphatic heterocycles. The SMILES string of the molecule is CC(C)(C)[Si](C)(C)OC(/C=C/I)[C@@H]1OC2CC[C@H](CCO)O[C@@H]2C(O[Si](C)(C)C(C)(C)C)C1O[Si](C)(C)C(C)(C)C. The van der Waals surface area contributed by atoms with Gasteiger partial charge in [-0.1, -0.05) is 84.9 Å². The maximum atomic E-state index is 9.74. The first kappa shape index (κ1) is 38.1. The molecule has 2 fully saturated rings. The number of halogens is 1. The molecule has 0 saturated carbocycles. The third-order valence-electron chi connectivity index (χ3n) is 10.5. The Balaban J connectivity index is 2.72. The van der Waals surface area contributed by atoms with Gasteiger partial charge in [0, 0.05) is 6.61 Å². The number of aliphatic hydroxyl groups excluding tert-OH is 1. The summed E-state index contributed by atoms with van der Waals surface area (Å²) in [4.78, 5) is 0. The van der Waals surface area contributed by atoms with E-state index in [1.807, 2.05) is 0 Å². The van der Waals surface area contributed by atoms with E-state index in [1.165, 1.54) is 0 Å². The first-order chi connectivity index (χ1) is 18.4. The van der Waals surface area contributed by atoms with Crippen LogP contribution in [0, 0.1) is 0 Å². The highest BCUT2D eigenvalue weighted by molar-refractivity contribution is 14.1. The third-order valence-corrected chi connectivity index (χ3v) is 24.4. The summed E-state index contributed by atoms with van der Waals surface area (Å²) in [6.07, 6.45) is 2.94. The second-order valence-corrected chi connectivity index (χ2v) is 31.8. The van der Waals surface area contributed by atoms with Crippen molar-refractivity contribution in [1.29, 1.82) is 0 Å². The lowest BCUT2D eigenvalue weighted by Gasteiger charge is -2.56. The largest absolute Gasteiger partial charge is 0.408 e. The predicted molar refractivity (Wildman–Crippen MR) is 188 cm³/mol. The van der Waals surface area contributed by atoms with Crippen molar-refractivity contribution in [1.82, 2.24) is 0 Å². The fourth-order valence-corrected chi connectivity index (χ4v) is 8.97. The molecule has 1 N–H and O–H groups in total. The van der Waals surface area contributed by atoms with E-state index in [1.54, 1.807) is 0 Å². The fourth-order valence-electron chi connectivity index (χ4n) is 4.71. The topological polar surface area (TPSA) is 66.4 Å². The fraction of sp³-hybridized carbons (Fsp3) is 0.935. The van der Waals surface area contributed by atoms with Crippen molar-refractivity contribution in [3.63, 3.8) is 0 Å². The lowest BCUT2D eigenvalue weighted by molar-refractivity contribution is -0.267. The van der Waals surface area contributed by atoms with Crippen molar-refractivity contribution < 1.29 is 27.9 Å². The Hall–Kier alpha value is 0.881. The van der Waals surface area contributed by atoms with Gasteiger partial charge in [-0.25, -0.2) is 0 Å². The van der Waals surface area contributed by atoms with Gasteiger partial charge in [-0.05, 0) is 83.8 Å². The molecule has 41 heavy (non-hydrogen) atoms. The monoisotopic (exact) mass is 742 g/mol. The van der Waals surface area contributed by atoms with E-state index in [2.05, 4.69) is 134 Å². The van der Waals surface area contributed by atoms with Crippen molar-refractivity contribution in [3.8, 4) is 0 Å². The van der Waals surface area contributed by atoms with E-state index in [4.69, 9.17) is 22.8 Å². The molecule has 2 rings (SSSR count). The van der Waals surface area contributed by atoms with Gasteiger partial charge in [-0.2, -0.15) is 0 Å². The van der Waals surface area contributed by atoms with Crippen molar-refractivity contribution in [2.24, 2.45) is 0 Å². The van der Waals surface area contributed by atoms with Crippen LogP contribution in [0.3, 0.4) is 0 Å². The van der Waals surface area contributed by atoms with Gasteiger partial charge in [0.2, 0.25) is 0 Å². The summed E-state index contributed by atoms with van der Waals surface area (Å²) < 4.78 is 37.8. The van der Waals surface area contributed by atoms with Crippen molar-refractivity contribution in [2.45, 2.75) is 179 Å². The Morgan fingerprint density at radius 2 is 1.27 bits per heavy atom. The summed E-state index contributed by atoms with van der Waals surface area (Å²) in [6, 6.07) is 0. The molecule has 4 unspecified atom stereocenters. The minimum atomic E-state index is -2.26. The standard InChI is InChI=1S/C31H63IO6Si3/c1-29(2,3)39(10,11)36-24(18-20-32)26-28(38-41(14,15)31(7,8)9)27(37-40(12,13)30(4,5)6)25-23(35-26)17-16-22(34-25)19-21-33/h18,20,22-28,33H,16-17,19,21H2,1-15H3/b20-18+/t22-,23?,24?,25+,26+,27?,28?/m1/s1. The molecule has 0 radical (unpaired) electrons. The molecule has 0 bridgehead atoms. The zero-order chi connectivity index (χ0) is 31.8.